The number of carbonyl (C=O) groups is 1. The molecule has 2 heterocycles. The molecule has 6 nitrogen and oxygen atoms in total. The number of fused-ring (bicyclic) bond motifs is 1. The van der Waals surface area contributed by atoms with Gasteiger partial charge in [0.15, 0.2) is 5.65 Å². The predicted octanol–water partition coefficient (Wildman–Crippen LogP) is 3.00. The molecule has 8 heteroatoms. The maximum Gasteiger partial charge on any atom is 0.280 e. The Bertz CT molecular complexity index is 783. The van der Waals surface area contributed by atoms with Gasteiger partial charge in [0.05, 0.1) is 6.20 Å². The fourth-order valence-corrected chi connectivity index (χ4v) is 3.13. The highest BCUT2D eigenvalue weighted by Gasteiger charge is 2.29. The van der Waals surface area contributed by atoms with Crippen LogP contribution in [0.25, 0.3) is 5.65 Å². The molecule has 2 aromatic heterocycles. The smallest absolute Gasteiger partial charge is 0.280 e. The van der Waals surface area contributed by atoms with Crippen LogP contribution in [-0.4, -0.2) is 51.1 Å². The number of nitrogens with one attached hydrogen (secondary N) is 1. The van der Waals surface area contributed by atoms with Crippen molar-refractivity contribution in [3.63, 3.8) is 0 Å². The van der Waals surface area contributed by atoms with Gasteiger partial charge in [0, 0.05) is 24.2 Å². The summed E-state index contributed by atoms with van der Waals surface area (Å²) in [6.07, 6.45) is 0.547. The summed E-state index contributed by atoms with van der Waals surface area (Å²) in [6.45, 7) is 8.59. The number of halogens is 2. The van der Waals surface area contributed by atoms with E-state index in [2.05, 4.69) is 34.1 Å². The van der Waals surface area contributed by atoms with E-state index in [0.29, 0.717) is 5.69 Å². The summed E-state index contributed by atoms with van der Waals surface area (Å²) >= 11 is 0. The summed E-state index contributed by atoms with van der Waals surface area (Å²) in [5.41, 5.74) is 0.851. The van der Waals surface area contributed by atoms with E-state index in [9.17, 15) is 13.6 Å². The summed E-state index contributed by atoms with van der Waals surface area (Å²) in [7, 11) is 0. The van der Waals surface area contributed by atoms with Crippen LogP contribution < -0.4 is 5.32 Å². The van der Waals surface area contributed by atoms with Crippen LogP contribution >= 0.6 is 0 Å². The molecule has 1 fully saturated rings. The molecule has 0 aliphatic heterocycles. The zero-order chi connectivity index (χ0) is 18.8. The molecule has 142 valence electrons. The van der Waals surface area contributed by atoms with Crippen molar-refractivity contribution in [1.82, 2.24) is 24.8 Å². The molecule has 0 aromatic carbocycles. The SMILES string of the molecule is CCN(CC)C[C@@H](C)NC(=O)c1cnn2c(C(F)F)cc(C3CC3)nc12. The number of nitrogens with zero attached hydrogens (tertiary/aromatic N) is 4. The molecule has 26 heavy (non-hydrogen) atoms. The predicted molar refractivity (Wildman–Crippen MR) is 94.6 cm³/mol. The third-order valence-electron chi connectivity index (χ3n) is 4.79. The summed E-state index contributed by atoms with van der Waals surface area (Å²) in [6, 6.07) is 1.34. The Balaban J connectivity index is 1.86. The van der Waals surface area contributed by atoms with Gasteiger partial charge < -0.3 is 10.2 Å². The second-order valence-electron chi connectivity index (χ2n) is 6.83. The van der Waals surface area contributed by atoms with E-state index in [1.54, 1.807) is 0 Å². The molecule has 0 bridgehead atoms. The second kappa shape index (κ2) is 7.65. The van der Waals surface area contributed by atoms with Gasteiger partial charge >= 0.3 is 0 Å². The van der Waals surface area contributed by atoms with Gasteiger partial charge in [0.2, 0.25) is 0 Å². The molecule has 3 rings (SSSR count). The van der Waals surface area contributed by atoms with Gasteiger partial charge in [-0.2, -0.15) is 5.10 Å². The Morgan fingerprint density at radius 3 is 2.65 bits per heavy atom. The molecule has 1 atom stereocenters. The molecule has 0 saturated heterocycles. The quantitative estimate of drug-likeness (QED) is 0.781. The normalized spacial score (nSPS) is 15.8. The lowest BCUT2D eigenvalue weighted by Gasteiger charge is -2.23. The second-order valence-corrected chi connectivity index (χ2v) is 6.83. The van der Waals surface area contributed by atoms with Crippen LogP contribution in [0.3, 0.4) is 0 Å². The summed E-state index contributed by atoms with van der Waals surface area (Å²) in [4.78, 5) is 19.3. The fourth-order valence-electron chi connectivity index (χ4n) is 3.13. The number of rotatable bonds is 8. The van der Waals surface area contributed by atoms with Gasteiger partial charge in [0.1, 0.15) is 11.3 Å². The van der Waals surface area contributed by atoms with Crippen molar-refractivity contribution >= 4 is 11.6 Å². The molecule has 1 aliphatic carbocycles. The van der Waals surface area contributed by atoms with Crippen LogP contribution in [-0.2, 0) is 0 Å². The van der Waals surface area contributed by atoms with E-state index >= 15 is 0 Å². The van der Waals surface area contributed by atoms with Crippen molar-refractivity contribution in [3.8, 4) is 0 Å². The fraction of sp³-hybridized carbons (Fsp3) is 0.611. The largest absolute Gasteiger partial charge is 0.348 e. The van der Waals surface area contributed by atoms with Gasteiger partial charge in [0.25, 0.3) is 12.3 Å². The average Bonchev–Trinajstić information content (AvgIpc) is 3.37. The Morgan fingerprint density at radius 2 is 2.08 bits per heavy atom. The lowest BCUT2D eigenvalue weighted by Crippen LogP contribution is -2.41. The number of alkyl halides is 2. The van der Waals surface area contributed by atoms with Crippen molar-refractivity contribution in [1.29, 1.82) is 0 Å². The first-order chi connectivity index (χ1) is 12.4. The molecule has 0 spiro atoms. The van der Waals surface area contributed by atoms with Gasteiger partial charge in [-0.25, -0.2) is 18.3 Å². The maximum absolute atomic E-state index is 13.4. The topological polar surface area (TPSA) is 62.5 Å². The average molecular weight is 365 g/mol. The van der Waals surface area contributed by atoms with Crippen LogP contribution in [0, 0.1) is 0 Å². The molecule has 0 unspecified atom stereocenters. The Kier molecular flexibility index (Phi) is 5.50. The lowest BCUT2D eigenvalue weighted by atomic mass is 10.2. The zero-order valence-corrected chi connectivity index (χ0v) is 15.4. The van der Waals surface area contributed by atoms with Gasteiger partial charge in [-0.15, -0.1) is 0 Å². The van der Waals surface area contributed by atoms with E-state index in [4.69, 9.17) is 0 Å². The van der Waals surface area contributed by atoms with Crippen molar-refractivity contribution < 1.29 is 13.6 Å². The van der Waals surface area contributed by atoms with Crippen molar-refractivity contribution in [2.24, 2.45) is 0 Å². The molecular formula is C18H25F2N5O. The highest BCUT2D eigenvalue weighted by molar-refractivity contribution is 5.99. The minimum Gasteiger partial charge on any atom is -0.348 e. The molecule has 1 saturated carbocycles. The Morgan fingerprint density at radius 1 is 1.38 bits per heavy atom. The van der Waals surface area contributed by atoms with Crippen molar-refractivity contribution in [2.75, 3.05) is 19.6 Å². The van der Waals surface area contributed by atoms with E-state index in [0.717, 1.165) is 37.0 Å². The van der Waals surface area contributed by atoms with Crippen molar-refractivity contribution in [3.05, 3.63) is 29.2 Å². The number of aromatic nitrogens is 3. The molecule has 0 radical (unpaired) electrons. The number of likely N-dealkylation sites (N-methyl/N-ethyl adjacent to an activating group) is 1. The molecule has 1 aliphatic rings. The van der Waals surface area contributed by atoms with Crippen LogP contribution in [0.1, 0.15) is 67.7 Å². The zero-order valence-electron chi connectivity index (χ0n) is 15.4. The monoisotopic (exact) mass is 365 g/mol. The number of amides is 1. The van der Waals surface area contributed by atoms with Gasteiger partial charge in [-0.1, -0.05) is 13.8 Å². The van der Waals surface area contributed by atoms with E-state index in [1.165, 1.54) is 12.3 Å². The maximum atomic E-state index is 13.4. The first-order valence-electron chi connectivity index (χ1n) is 9.14. The molecular weight excluding hydrogens is 340 g/mol. The highest BCUT2D eigenvalue weighted by atomic mass is 19.3. The molecule has 2 aromatic rings. The molecule has 1 N–H and O–H groups in total. The van der Waals surface area contributed by atoms with Crippen molar-refractivity contribution in [2.45, 2.75) is 52.0 Å². The van der Waals surface area contributed by atoms with Gasteiger partial charge in [-0.3, -0.25) is 4.79 Å². The Hall–Kier alpha value is -2.09. The van der Waals surface area contributed by atoms with E-state index in [1.807, 2.05) is 6.92 Å². The standard InChI is InChI=1S/C18H25F2N5O/c1-4-24(5-2)10-11(3)22-18(26)13-9-21-25-15(16(19)20)8-14(12-6-7-12)23-17(13)25/h8-9,11-12,16H,4-7,10H2,1-3H3,(H,22,26)/t11-/m1/s1. The highest BCUT2D eigenvalue weighted by Crippen LogP contribution is 2.40. The van der Waals surface area contributed by atoms with Crippen LogP contribution in [0.5, 0.6) is 0 Å². The summed E-state index contributed by atoms with van der Waals surface area (Å²) in [5.74, 6) is -0.120. The first kappa shape index (κ1) is 18.7. The van der Waals surface area contributed by atoms with Crippen LogP contribution in [0.4, 0.5) is 8.78 Å². The lowest BCUT2D eigenvalue weighted by molar-refractivity contribution is 0.0931. The van der Waals surface area contributed by atoms with E-state index < -0.39 is 6.43 Å². The van der Waals surface area contributed by atoms with Crippen LogP contribution in [0.2, 0.25) is 0 Å². The minimum absolute atomic E-state index is 0.0708. The third-order valence-corrected chi connectivity index (χ3v) is 4.79. The van der Waals surface area contributed by atoms with Crippen LogP contribution in [0.15, 0.2) is 12.3 Å². The third kappa shape index (κ3) is 3.85. The number of hydrogen-bond donors (Lipinski definition) is 1. The number of hydrogen-bond acceptors (Lipinski definition) is 4. The molecule has 1 amide bonds. The first-order valence-corrected chi connectivity index (χ1v) is 9.14. The number of carbonyl (C=O) groups excluding carboxylic acids is 1. The Labute approximate surface area is 151 Å². The summed E-state index contributed by atoms with van der Waals surface area (Å²) in [5, 5.41) is 6.91. The van der Waals surface area contributed by atoms with E-state index in [-0.39, 0.29) is 34.8 Å². The van der Waals surface area contributed by atoms with Gasteiger partial charge in [-0.05, 0) is 38.9 Å². The summed E-state index contributed by atoms with van der Waals surface area (Å²) < 4.78 is 27.9. The minimum atomic E-state index is -2.67.